The van der Waals surface area contributed by atoms with Crippen molar-refractivity contribution in [2.75, 3.05) is 6.54 Å². The van der Waals surface area contributed by atoms with E-state index in [0.717, 1.165) is 33.3 Å². The minimum absolute atomic E-state index is 0.0713. The van der Waals surface area contributed by atoms with Crippen molar-refractivity contribution in [1.29, 1.82) is 0 Å². The molecule has 0 aromatic heterocycles. The molecule has 30 heavy (non-hydrogen) atoms. The van der Waals surface area contributed by atoms with E-state index in [-0.39, 0.29) is 11.2 Å². The Kier molecular flexibility index (Phi) is 27.1. The maximum absolute atomic E-state index is 9.00. The number of thiocarbonyl (C=S) groups is 1. The van der Waals surface area contributed by atoms with Crippen molar-refractivity contribution in [3.05, 3.63) is 35.9 Å². The normalized spacial score (nSPS) is 8.97. The maximum atomic E-state index is 9.00. The van der Waals surface area contributed by atoms with Crippen LogP contribution in [0.1, 0.15) is 39.3 Å². The lowest BCUT2D eigenvalue weighted by Gasteiger charge is -2.13. The zero-order valence-electron chi connectivity index (χ0n) is 17.2. The minimum Gasteiger partial charge on any atom is -0.481 e. The van der Waals surface area contributed by atoms with E-state index in [9.17, 15) is 0 Å². The molecule has 0 radical (unpaired) electrons. The first kappa shape index (κ1) is 34.2. The number of carboxylic acid groups (broad SMARTS) is 4. The number of carboxylic acids is 4. The van der Waals surface area contributed by atoms with Gasteiger partial charge in [0, 0.05) is 40.3 Å². The number of rotatable bonds is 4. The van der Waals surface area contributed by atoms with Gasteiger partial charge in [-0.1, -0.05) is 30.3 Å². The third kappa shape index (κ3) is 64.2. The number of benzene rings is 1. The highest BCUT2D eigenvalue weighted by Crippen LogP contribution is 2.07. The molecule has 0 saturated heterocycles. The predicted octanol–water partition coefficient (Wildman–Crippen LogP) is 0.388. The summed E-state index contributed by atoms with van der Waals surface area (Å²) in [6, 6.07) is 9.75. The number of nitrogens with two attached hydrogens (primary N) is 2. The zero-order chi connectivity index (χ0) is 24.7. The molecule has 0 saturated carbocycles. The molecule has 0 heterocycles. The molecule has 0 spiro atoms. The van der Waals surface area contributed by atoms with Crippen LogP contribution in [0.25, 0.3) is 0 Å². The quantitative estimate of drug-likeness (QED) is 0.230. The molecule has 0 bridgehead atoms. The maximum Gasteiger partial charge on any atom is 0.300 e. The fourth-order valence-corrected chi connectivity index (χ4v) is 1.14. The van der Waals surface area contributed by atoms with E-state index >= 15 is 0 Å². The topological polar surface area (TPSA) is 225 Å². The molecule has 13 heteroatoms. The Labute approximate surface area is 179 Å². The van der Waals surface area contributed by atoms with Gasteiger partial charge >= 0.3 is 0 Å². The molecule has 172 valence electrons. The van der Waals surface area contributed by atoms with Gasteiger partial charge in [0.25, 0.3) is 23.9 Å². The van der Waals surface area contributed by atoms with Crippen LogP contribution in [0, 0.1) is 0 Å². The van der Waals surface area contributed by atoms with E-state index in [1.165, 1.54) is 0 Å². The van der Waals surface area contributed by atoms with Gasteiger partial charge in [-0.05, 0) is 17.8 Å². The second kappa shape index (κ2) is 23.7. The van der Waals surface area contributed by atoms with Gasteiger partial charge in [0.05, 0.1) is 0 Å². The molecule has 0 amide bonds. The van der Waals surface area contributed by atoms with Crippen molar-refractivity contribution >= 4 is 41.2 Å². The van der Waals surface area contributed by atoms with Crippen molar-refractivity contribution < 1.29 is 39.6 Å². The molecular weight excluding hydrogens is 420 g/mol. The van der Waals surface area contributed by atoms with Crippen LogP contribution in [0.2, 0.25) is 0 Å². The van der Waals surface area contributed by atoms with Crippen molar-refractivity contribution in [1.82, 2.24) is 10.9 Å². The minimum atomic E-state index is -0.833. The van der Waals surface area contributed by atoms with Gasteiger partial charge in [-0.3, -0.25) is 24.6 Å². The number of carbonyl (C=O) groups is 4. The van der Waals surface area contributed by atoms with Crippen molar-refractivity contribution in [2.24, 2.45) is 11.5 Å². The number of aliphatic carboxylic acids is 4. The summed E-state index contributed by atoms with van der Waals surface area (Å²) in [6.45, 7) is 4.90. The van der Waals surface area contributed by atoms with Crippen LogP contribution in [-0.2, 0) is 19.2 Å². The largest absolute Gasteiger partial charge is 0.481 e. The number of hydrogen-bond donors (Lipinski definition) is 8. The second-order valence-corrected chi connectivity index (χ2v) is 5.40. The fourth-order valence-electron chi connectivity index (χ4n) is 1.07. The molecule has 1 aromatic rings. The Morgan fingerprint density at radius 2 is 1.17 bits per heavy atom. The Bertz CT molecular complexity index is 565. The summed E-state index contributed by atoms with van der Waals surface area (Å²) in [5.41, 5.74) is 17.7. The first-order valence-corrected chi connectivity index (χ1v) is 8.41. The van der Waals surface area contributed by atoms with E-state index in [2.05, 4.69) is 23.1 Å². The highest BCUT2D eigenvalue weighted by Gasteiger charge is 2.03. The van der Waals surface area contributed by atoms with E-state index in [0.29, 0.717) is 6.54 Å². The third-order valence-electron chi connectivity index (χ3n) is 1.76. The summed E-state index contributed by atoms with van der Waals surface area (Å²) in [5, 5.41) is 29.9. The fraction of sp³-hybridized carbons (Fsp3) is 0.353. The van der Waals surface area contributed by atoms with Crippen LogP contribution in [0.4, 0.5) is 0 Å². The average Bonchev–Trinajstić information content (AvgIpc) is 2.53. The Morgan fingerprint density at radius 1 is 0.867 bits per heavy atom. The molecule has 0 aliphatic rings. The number of hydrazine groups is 1. The summed E-state index contributed by atoms with van der Waals surface area (Å²) in [4.78, 5) is 36.0. The molecular formula is C17H30N4O8S. The van der Waals surface area contributed by atoms with Gasteiger partial charge in [-0.2, -0.15) is 0 Å². The average molecular weight is 451 g/mol. The third-order valence-corrected chi connectivity index (χ3v) is 1.86. The van der Waals surface area contributed by atoms with Crippen LogP contribution in [-0.4, -0.2) is 56.0 Å². The van der Waals surface area contributed by atoms with Crippen LogP contribution in [0.15, 0.2) is 30.3 Å². The number of hydrogen-bond acceptors (Lipinski definition) is 7. The highest BCUT2D eigenvalue weighted by molar-refractivity contribution is 7.80. The van der Waals surface area contributed by atoms with Crippen molar-refractivity contribution in [3.8, 4) is 0 Å². The summed E-state index contributed by atoms with van der Waals surface area (Å²) in [5.74, 6) is -3.33. The Balaban J connectivity index is -0.000000174. The lowest BCUT2D eigenvalue weighted by Crippen LogP contribution is -2.43. The Morgan fingerprint density at radius 3 is 1.43 bits per heavy atom. The van der Waals surface area contributed by atoms with E-state index in [1.54, 1.807) is 0 Å². The lowest BCUT2D eigenvalue weighted by molar-refractivity contribution is -0.135. The van der Waals surface area contributed by atoms with E-state index in [1.807, 2.05) is 30.3 Å². The van der Waals surface area contributed by atoms with Crippen molar-refractivity contribution in [3.63, 3.8) is 0 Å². The molecule has 0 aliphatic carbocycles. The molecule has 1 aromatic carbocycles. The smallest absolute Gasteiger partial charge is 0.300 e. The van der Waals surface area contributed by atoms with E-state index in [4.69, 9.17) is 51.1 Å². The zero-order valence-corrected chi connectivity index (χ0v) is 18.0. The van der Waals surface area contributed by atoms with Crippen LogP contribution in [0.3, 0.4) is 0 Å². The monoisotopic (exact) mass is 450 g/mol. The van der Waals surface area contributed by atoms with Gasteiger partial charge in [-0.15, -0.1) is 0 Å². The summed E-state index contributed by atoms with van der Waals surface area (Å²) in [7, 11) is 0. The summed E-state index contributed by atoms with van der Waals surface area (Å²) in [6.07, 6.45) is 0. The Hall–Kier alpha value is -3.29. The highest BCUT2D eigenvalue weighted by atomic mass is 32.1. The van der Waals surface area contributed by atoms with Gasteiger partial charge in [0.1, 0.15) is 0 Å². The van der Waals surface area contributed by atoms with Gasteiger partial charge in [-0.25, -0.2) is 5.43 Å². The molecule has 1 atom stereocenters. The van der Waals surface area contributed by atoms with Crippen LogP contribution >= 0.6 is 12.2 Å². The summed E-state index contributed by atoms with van der Waals surface area (Å²) < 4.78 is 0. The van der Waals surface area contributed by atoms with Crippen molar-refractivity contribution in [2.45, 2.75) is 33.7 Å². The molecule has 0 fully saturated rings. The molecule has 0 aliphatic heterocycles. The van der Waals surface area contributed by atoms with Gasteiger partial charge in [0.2, 0.25) is 0 Å². The van der Waals surface area contributed by atoms with Crippen LogP contribution in [0.5, 0.6) is 0 Å². The van der Waals surface area contributed by atoms with Gasteiger partial charge < -0.3 is 31.9 Å². The first-order chi connectivity index (χ1) is 13.6. The number of nitrogens with one attached hydrogen (secondary N) is 2. The molecule has 1 unspecified atom stereocenters. The SMILES string of the molecule is CC(=O)O.CC(=O)O.CC(=O)O.CC(=O)O.NC(=S)NNCC(N)c1ccccc1. The van der Waals surface area contributed by atoms with Crippen LogP contribution < -0.4 is 22.3 Å². The molecule has 1 rings (SSSR count). The standard InChI is InChI=1S/C9H14N4S.4C2H4O2/c10-8(6-12-13-9(11)14)7-4-2-1-3-5-7;4*1-2(3)4/h1-5,8,12H,6,10H2,(H3,11,13,14);4*1H3,(H,3,4). The lowest BCUT2D eigenvalue weighted by atomic mass is 10.1. The molecule has 10 N–H and O–H groups in total. The first-order valence-electron chi connectivity index (χ1n) is 8.00. The predicted molar refractivity (Wildman–Crippen MR) is 115 cm³/mol. The molecule has 12 nitrogen and oxygen atoms in total. The van der Waals surface area contributed by atoms with Gasteiger partial charge in [0.15, 0.2) is 5.11 Å². The summed E-state index contributed by atoms with van der Waals surface area (Å²) >= 11 is 4.63. The second-order valence-electron chi connectivity index (χ2n) is 4.96. The van der Waals surface area contributed by atoms with E-state index < -0.39 is 23.9 Å².